The largest absolute Gasteiger partial charge is 0.490 e. The number of benzene rings is 2. The predicted molar refractivity (Wildman–Crippen MR) is 104 cm³/mol. The van der Waals surface area contributed by atoms with Crippen molar-refractivity contribution in [2.45, 2.75) is 31.9 Å². The number of halogens is 1. The van der Waals surface area contributed by atoms with E-state index in [-0.39, 0.29) is 19.0 Å². The van der Waals surface area contributed by atoms with E-state index >= 15 is 0 Å². The Labute approximate surface area is 160 Å². The summed E-state index contributed by atoms with van der Waals surface area (Å²) in [5.74, 6) is 0.357. The molecule has 1 N–H and O–H groups in total. The first kappa shape index (κ1) is 21.2. The standard InChI is InChI=1S/C20H26FNO4S/c1-4-13-22-27(23,24)20(2,3)16-9-11-17(12-10-16)25-14-15-26-19-8-6-5-7-18(19)21/h5-12,22H,4,13-15H2,1-3H3. The lowest BCUT2D eigenvalue weighted by Gasteiger charge is -2.25. The molecule has 0 radical (unpaired) electrons. The van der Waals surface area contributed by atoms with E-state index in [0.29, 0.717) is 17.9 Å². The highest BCUT2D eigenvalue weighted by Crippen LogP contribution is 2.30. The van der Waals surface area contributed by atoms with Gasteiger partial charge in [-0.05, 0) is 50.1 Å². The van der Waals surface area contributed by atoms with Gasteiger partial charge < -0.3 is 9.47 Å². The third-order valence-electron chi connectivity index (χ3n) is 4.21. The molecule has 0 amide bonds. The van der Waals surface area contributed by atoms with Crippen LogP contribution < -0.4 is 14.2 Å². The highest BCUT2D eigenvalue weighted by Gasteiger charge is 2.35. The van der Waals surface area contributed by atoms with Crippen LogP contribution in [0.1, 0.15) is 32.8 Å². The lowest BCUT2D eigenvalue weighted by molar-refractivity contribution is 0.211. The maximum atomic E-state index is 13.4. The average molecular weight is 395 g/mol. The predicted octanol–water partition coefficient (Wildman–Crippen LogP) is 3.85. The third kappa shape index (κ3) is 5.43. The summed E-state index contributed by atoms with van der Waals surface area (Å²) < 4.78 is 50.9. The second-order valence-corrected chi connectivity index (χ2v) is 8.88. The summed E-state index contributed by atoms with van der Waals surface area (Å²) in [6.45, 7) is 6.11. The molecule has 0 saturated carbocycles. The van der Waals surface area contributed by atoms with Gasteiger partial charge in [0.05, 0.1) is 0 Å². The van der Waals surface area contributed by atoms with Gasteiger partial charge in [-0.25, -0.2) is 17.5 Å². The Bertz CT molecular complexity index is 835. The minimum absolute atomic E-state index is 0.183. The van der Waals surface area contributed by atoms with Gasteiger partial charge >= 0.3 is 0 Å². The minimum atomic E-state index is -3.49. The zero-order valence-corrected chi connectivity index (χ0v) is 16.7. The maximum Gasteiger partial charge on any atom is 0.221 e. The molecule has 0 aliphatic heterocycles. The van der Waals surface area contributed by atoms with Crippen molar-refractivity contribution >= 4 is 10.0 Å². The number of rotatable bonds is 10. The minimum Gasteiger partial charge on any atom is -0.490 e. The zero-order valence-electron chi connectivity index (χ0n) is 15.9. The Kier molecular flexibility index (Phi) is 7.21. The van der Waals surface area contributed by atoms with E-state index in [4.69, 9.17) is 9.47 Å². The smallest absolute Gasteiger partial charge is 0.221 e. The lowest BCUT2D eigenvalue weighted by Crippen LogP contribution is -2.39. The van der Waals surface area contributed by atoms with Gasteiger partial charge in [-0.3, -0.25) is 0 Å². The van der Waals surface area contributed by atoms with Crippen molar-refractivity contribution < 1.29 is 22.3 Å². The van der Waals surface area contributed by atoms with E-state index < -0.39 is 20.6 Å². The number of para-hydroxylation sites is 1. The van der Waals surface area contributed by atoms with Crippen LogP contribution >= 0.6 is 0 Å². The quantitative estimate of drug-likeness (QED) is 0.621. The molecular weight excluding hydrogens is 369 g/mol. The summed E-state index contributed by atoms with van der Waals surface area (Å²) in [6.07, 6.45) is 0.733. The molecule has 0 saturated heterocycles. The van der Waals surface area contributed by atoms with Gasteiger partial charge in [0.1, 0.15) is 23.7 Å². The molecule has 0 heterocycles. The molecule has 2 aromatic carbocycles. The van der Waals surface area contributed by atoms with Crippen LogP contribution in [-0.2, 0) is 14.8 Å². The van der Waals surface area contributed by atoms with Crippen molar-refractivity contribution in [1.82, 2.24) is 4.72 Å². The molecular formula is C20H26FNO4S. The van der Waals surface area contributed by atoms with Gasteiger partial charge in [0.2, 0.25) is 10.0 Å². The molecule has 0 fully saturated rings. The molecule has 5 nitrogen and oxygen atoms in total. The first-order valence-electron chi connectivity index (χ1n) is 8.88. The number of ether oxygens (including phenoxy) is 2. The monoisotopic (exact) mass is 395 g/mol. The highest BCUT2D eigenvalue weighted by molar-refractivity contribution is 7.90. The Hall–Kier alpha value is -2.12. The van der Waals surface area contributed by atoms with E-state index in [1.165, 1.54) is 6.07 Å². The molecule has 0 atom stereocenters. The Morgan fingerprint density at radius 1 is 1.00 bits per heavy atom. The fourth-order valence-corrected chi connectivity index (χ4v) is 3.68. The van der Waals surface area contributed by atoms with E-state index in [2.05, 4.69) is 4.72 Å². The van der Waals surface area contributed by atoms with Crippen molar-refractivity contribution in [3.63, 3.8) is 0 Å². The molecule has 0 aromatic heterocycles. The van der Waals surface area contributed by atoms with Gasteiger partial charge in [-0.2, -0.15) is 0 Å². The second-order valence-electron chi connectivity index (χ2n) is 6.56. The molecule has 0 aliphatic rings. The van der Waals surface area contributed by atoms with Crippen molar-refractivity contribution in [3.8, 4) is 11.5 Å². The summed E-state index contributed by atoms with van der Waals surface area (Å²) in [4.78, 5) is 0. The van der Waals surface area contributed by atoms with Crippen LogP contribution in [0.15, 0.2) is 48.5 Å². The Morgan fingerprint density at radius 2 is 1.63 bits per heavy atom. The molecule has 0 aliphatic carbocycles. The van der Waals surface area contributed by atoms with Crippen LogP contribution in [0.25, 0.3) is 0 Å². The fraction of sp³-hybridized carbons (Fsp3) is 0.400. The Morgan fingerprint density at radius 3 is 2.26 bits per heavy atom. The summed E-state index contributed by atoms with van der Waals surface area (Å²) in [5.41, 5.74) is 0.668. The average Bonchev–Trinajstić information content (AvgIpc) is 2.65. The number of nitrogens with one attached hydrogen (secondary N) is 1. The van der Waals surface area contributed by atoms with Crippen LogP contribution in [0, 0.1) is 5.82 Å². The summed E-state index contributed by atoms with van der Waals surface area (Å²) in [5, 5.41) is 0. The van der Waals surface area contributed by atoms with Crippen LogP contribution in [-0.4, -0.2) is 28.2 Å². The summed E-state index contributed by atoms with van der Waals surface area (Å²) in [6, 6.07) is 13.1. The maximum absolute atomic E-state index is 13.4. The normalized spacial score (nSPS) is 12.0. The third-order valence-corrected chi connectivity index (χ3v) is 6.37. The van der Waals surface area contributed by atoms with Gasteiger partial charge in [-0.15, -0.1) is 0 Å². The zero-order chi connectivity index (χ0) is 19.9. The van der Waals surface area contributed by atoms with Crippen LogP contribution in [0.3, 0.4) is 0 Å². The highest BCUT2D eigenvalue weighted by atomic mass is 32.2. The van der Waals surface area contributed by atoms with E-state index in [9.17, 15) is 12.8 Å². The second kappa shape index (κ2) is 9.19. The van der Waals surface area contributed by atoms with Crippen LogP contribution in [0.4, 0.5) is 4.39 Å². The molecule has 0 unspecified atom stereocenters. The van der Waals surface area contributed by atoms with E-state index in [1.54, 1.807) is 56.3 Å². The molecule has 2 rings (SSSR count). The molecule has 7 heteroatoms. The lowest BCUT2D eigenvalue weighted by atomic mass is 10.0. The number of hydrogen-bond donors (Lipinski definition) is 1. The molecule has 148 valence electrons. The van der Waals surface area contributed by atoms with Crippen LogP contribution in [0.2, 0.25) is 0 Å². The first-order chi connectivity index (χ1) is 12.8. The topological polar surface area (TPSA) is 64.6 Å². The van der Waals surface area contributed by atoms with Crippen molar-refractivity contribution in [3.05, 3.63) is 59.9 Å². The van der Waals surface area contributed by atoms with Gasteiger partial charge in [-0.1, -0.05) is 31.2 Å². The summed E-state index contributed by atoms with van der Waals surface area (Å²) >= 11 is 0. The SMILES string of the molecule is CCCNS(=O)(=O)C(C)(C)c1ccc(OCCOc2ccccc2F)cc1. The van der Waals surface area contributed by atoms with Crippen molar-refractivity contribution in [2.24, 2.45) is 0 Å². The Balaban J connectivity index is 1.92. The van der Waals surface area contributed by atoms with Gasteiger partial charge in [0.15, 0.2) is 11.6 Å². The van der Waals surface area contributed by atoms with Crippen LogP contribution in [0.5, 0.6) is 11.5 Å². The van der Waals surface area contributed by atoms with Crippen molar-refractivity contribution in [1.29, 1.82) is 0 Å². The van der Waals surface area contributed by atoms with E-state index in [0.717, 1.165) is 6.42 Å². The molecule has 0 bridgehead atoms. The first-order valence-corrected chi connectivity index (χ1v) is 10.4. The fourth-order valence-electron chi connectivity index (χ4n) is 2.40. The number of hydrogen-bond acceptors (Lipinski definition) is 4. The van der Waals surface area contributed by atoms with E-state index in [1.807, 2.05) is 6.92 Å². The molecule has 2 aromatic rings. The van der Waals surface area contributed by atoms with Gasteiger partial charge in [0, 0.05) is 6.54 Å². The van der Waals surface area contributed by atoms with Crippen molar-refractivity contribution in [2.75, 3.05) is 19.8 Å². The van der Waals surface area contributed by atoms with Gasteiger partial charge in [0.25, 0.3) is 0 Å². The number of sulfonamides is 1. The molecule has 27 heavy (non-hydrogen) atoms. The summed E-state index contributed by atoms with van der Waals surface area (Å²) in [7, 11) is -3.49. The molecule has 0 spiro atoms.